The minimum atomic E-state index is 0.745. The second kappa shape index (κ2) is 12.9. The number of nitrogens with one attached hydrogen (secondary N) is 2. The number of aryl methyl sites for hydroxylation is 2. The van der Waals surface area contributed by atoms with Crippen molar-refractivity contribution in [3.63, 3.8) is 0 Å². The maximum absolute atomic E-state index is 5.11. The summed E-state index contributed by atoms with van der Waals surface area (Å²) in [5, 5.41) is 14.9. The van der Waals surface area contributed by atoms with E-state index in [2.05, 4.69) is 56.6 Å². The molecule has 0 bridgehead atoms. The molecular weight excluding hydrogens is 340 g/mol. The number of guanidine groups is 1. The molecule has 2 aromatic rings. The summed E-state index contributed by atoms with van der Waals surface area (Å²) in [7, 11) is 1.72. The summed E-state index contributed by atoms with van der Waals surface area (Å²) >= 11 is 0. The lowest BCUT2D eigenvalue weighted by atomic mass is 10.1. The van der Waals surface area contributed by atoms with Crippen LogP contribution in [0.2, 0.25) is 0 Å². The van der Waals surface area contributed by atoms with E-state index in [0.717, 1.165) is 70.3 Å². The van der Waals surface area contributed by atoms with Gasteiger partial charge in [0.2, 0.25) is 0 Å². The summed E-state index contributed by atoms with van der Waals surface area (Å²) in [5.41, 5.74) is 1.36. The first-order chi connectivity index (χ1) is 13.3. The lowest BCUT2D eigenvalue weighted by Crippen LogP contribution is -2.39. The molecule has 0 radical (unpaired) electrons. The Hall–Kier alpha value is -2.41. The van der Waals surface area contributed by atoms with E-state index in [4.69, 9.17) is 9.73 Å². The Morgan fingerprint density at radius 1 is 1.15 bits per heavy atom. The van der Waals surface area contributed by atoms with E-state index in [1.54, 1.807) is 13.4 Å². The number of benzene rings is 1. The van der Waals surface area contributed by atoms with Crippen LogP contribution in [-0.4, -0.2) is 54.1 Å². The Bertz CT molecular complexity index is 656. The number of hydrogen-bond acceptors (Lipinski definition) is 4. The molecule has 0 spiro atoms. The minimum absolute atomic E-state index is 0.745. The molecule has 7 heteroatoms. The van der Waals surface area contributed by atoms with E-state index >= 15 is 0 Å². The summed E-state index contributed by atoms with van der Waals surface area (Å²) in [5.74, 6) is 1.86. The lowest BCUT2D eigenvalue weighted by Gasteiger charge is -2.13. The van der Waals surface area contributed by atoms with Gasteiger partial charge in [0, 0.05) is 46.3 Å². The second-order valence-electron chi connectivity index (χ2n) is 6.31. The van der Waals surface area contributed by atoms with Crippen LogP contribution in [0.5, 0.6) is 0 Å². The Kier molecular flexibility index (Phi) is 9.96. The highest BCUT2D eigenvalue weighted by Gasteiger charge is 2.03. The van der Waals surface area contributed by atoms with Crippen LogP contribution >= 0.6 is 0 Å². The lowest BCUT2D eigenvalue weighted by molar-refractivity contribution is 0.195. The summed E-state index contributed by atoms with van der Waals surface area (Å²) in [4.78, 5) is 4.71. The summed E-state index contributed by atoms with van der Waals surface area (Å²) < 4.78 is 7.18. The van der Waals surface area contributed by atoms with E-state index in [-0.39, 0.29) is 0 Å². The van der Waals surface area contributed by atoms with Crippen LogP contribution in [0.4, 0.5) is 0 Å². The van der Waals surface area contributed by atoms with Crippen molar-refractivity contribution < 1.29 is 4.74 Å². The van der Waals surface area contributed by atoms with Gasteiger partial charge in [-0.2, -0.15) is 0 Å². The first kappa shape index (κ1) is 20.9. The molecule has 0 amide bonds. The molecule has 148 valence electrons. The smallest absolute Gasteiger partial charge is 0.191 e. The third kappa shape index (κ3) is 8.21. The molecule has 27 heavy (non-hydrogen) atoms. The standard InChI is InChI=1S/C20H32N6O/c1-3-19-25-24-17-26(19)15-14-23-20(22-13-8-16-27-2)21-12-7-11-18-9-5-4-6-10-18/h4-6,9-10,17H,3,7-8,11-16H2,1-2H3,(H2,21,22,23). The van der Waals surface area contributed by atoms with Gasteiger partial charge in [0.05, 0.1) is 0 Å². The third-order valence-electron chi connectivity index (χ3n) is 4.21. The molecular formula is C20H32N6O. The Balaban J connectivity index is 1.77. The van der Waals surface area contributed by atoms with Crippen molar-refractivity contribution >= 4 is 5.96 Å². The normalized spacial score (nSPS) is 11.6. The molecule has 0 saturated heterocycles. The molecule has 0 unspecified atom stereocenters. The zero-order valence-electron chi connectivity index (χ0n) is 16.5. The van der Waals surface area contributed by atoms with Gasteiger partial charge in [-0.1, -0.05) is 37.3 Å². The number of aromatic nitrogens is 3. The number of ether oxygens (including phenoxy) is 1. The number of nitrogens with zero attached hydrogens (tertiary/aromatic N) is 4. The van der Waals surface area contributed by atoms with Crippen molar-refractivity contribution in [3.05, 3.63) is 48.0 Å². The first-order valence-electron chi connectivity index (χ1n) is 9.75. The summed E-state index contributed by atoms with van der Waals surface area (Å²) in [6.07, 6.45) is 5.69. The molecule has 0 aliphatic carbocycles. The summed E-state index contributed by atoms with van der Waals surface area (Å²) in [6.45, 7) is 6.06. The predicted octanol–water partition coefficient (Wildman–Crippen LogP) is 2.04. The topological polar surface area (TPSA) is 76.4 Å². The van der Waals surface area contributed by atoms with Gasteiger partial charge in [0.15, 0.2) is 5.96 Å². The van der Waals surface area contributed by atoms with Crippen molar-refractivity contribution in [2.24, 2.45) is 4.99 Å². The van der Waals surface area contributed by atoms with Crippen molar-refractivity contribution in [3.8, 4) is 0 Å². The van der Waals surface area contributed by atoms with Crippen LogP contribution in [0, 0.1) is 0 Å². The van der Waals surface area contributed by atoms with Gasteiger partial charge >= 0.3 is 0 Å². The largest absolute Gasteiger partial charge is 0.385 e. The number of rotatable bonds is 12. The molecule has 2 rings (SSSR count). The minimum Gasteiger partial charge on any atom is -0.385 e. The fourth-order valence-corrected chi connectivity index (χ4v) is 2.75. The highest BCUT2D eigenvalue weighted by molar-refractivity contribution is 5.79. The maximum Gasteiger partial charge on any atom is 0.191 e. The van der Waals surface area contributed by atoms with Gasteiger partial charge in [0.1, 0.15) is 12.2 Å². The molecule has 0 saturated carbocycles. The van der Waals surface area contributed by atoms with Crippen LogP contribution in [0.25, 0.3) is 0 Å². The molecule has 0 atom stereocenters. The molecule has 7 nitrogen and oxygen atoms in total. The quantitative estimate of drug-likeness (QED) is 0.339. The highest BCUT2D eigenvalue weighted by Crippen LogP contribution is 2.02. The third-order valence-corrected chi connectivity index (χ3v) is 4.21. The van der Waals surface area contributed by atoms with Crippen LogP contribution in [0.3, 0.4) is 0 Å². The number of hydrogen-bond donors (Lipinski definition) is 2. The average molecular weight is 373 g/mol. The van der Waals surface area contributed by atoms with E-state index in [0.29, 0.717) is 0 Å². The van der Waals surface area contributed by atoms with E-state index < -0.39 is 0 Å². The van der Waals surface area contributed by atoms with Crippen LogP contribution < -0.4 is 10.6 Å². The monoisotopic (exact) mass is 372 g/mol. The highest BCUT2D eigenvalue weighted by atomic mass is 16.5. The Morgan fingerprint density at radius 2 is 1.96 bits per heavy atom. The van der Waals surface area contributed by atoms with Crippen molar-refractivity contribution in [1.29, 1.82) is 0 Å². The van der Waals surface area contributed by atoms with Crippen LogP contribution in [-0.2, 0) is 24.1 Å². The van der Waals surface area contributed by atoms with Crippen molar-refractivity contribution in [2.45, 2.75) is 39.2 Å². The fourth-order valence-electron chi connectivity index (χ4n) is 2.75. The van der Waals surface area contributed by atoms with Crippen LogP contribution in [0.15, 0.2) is 41.7 Å². The van der Waals surface area contributed by atoms with Gasteiger partial charge in [-0.15, -0.1) is 10.2 Å². The second-order valence-corrected chi connectivity index (χ2v) is 6.31. The zero-order chi connectivity index (χ0) is 19.2. The summed E-state index contributed by atoms with van der Waals surface area (Å²) in [6, 6.07) is 10.5. The average Bonchev–Trinajstić information content (AvgIpc) is 3.16. The molecule has 1 aromatic carbocycles. The van der Waals surface area contributed by atoms with E-state index in [1.165, 1.54) is 5.56 Å². The van der Waals surface area contributed by atoms with Gasteiger partial charge in [-0.3, -0.25) is 4.99 Å². The van der Waals surface area contributed by atoms with Gasteiger partial charge in [-0.05, 0) is 24.8 Å². The van der Waals surface area contributed by atoms with Crippen molar-refractivity contribution in [1.82, 2.24) is 25.4 Å². The fraction of sp³-hybridized carbons (Fsp3) is 0.550. The molecule has 0 fully saturated rings. The molecule has 0 aliphatic heterocycles. The number of aliphatic imine (C=N–C) groups is 1. The first-order valence-corrected chi connectivity index (χ1v) is 9.75. The van der Waals surface area contributed by atoms with Gasteiger partial charge < -0.3 is 19.9 Å². The number of methoxy groups -OCH3 is 1. The van der Waals surface area contributed by atoms with Gasteiger partial charge in [-0.25, -0.2) is 0 Å². The Labute approximate surface area is 162 Å². The van der Waals surface area contributed by atoms with Gasteiger partial charge in [0.25, 0.3) is 0 Å². The zero-order valence-corrected chi connectivity index (χ0v) is 16.5. The predicted molar refractivity (Wildman–Crippen MR) is 109 cm³/mol. The molecule has 1 aromatic heterocycles. The Morgan fingerprint density at radius 3 is 2.74 bits per heavy atom. The van der Waals surface area contributed by atoms with Crippen molar-refractivity contribution in [2.75, 3.05) is 33.4 Å². The molecule has 1 heterocycles. The van der Waals surface area contributed by atoms with E-state index in [9.17, 15) is 0 Å². The SMILES string of the molecule is CCc1nncn1CCNC(=NCCCc1ccccc1)NCCCOC. The molecule has 2 N–H and O–H groups in total. The molecule has 0 aliphatic rings. The van der Waals surface area contributed by atoms with Crippen LogP contribution in [0.1, 0.15) is 31.2 Å². The maximum atomic E-state index is 5.11. The van der Waals surface area contributed by atoms with E-state index in [1.807, 2.05) is 6.07 Å².